The first-order chi connectivity index (χ1) is 9.51. The van der Waals surface area contributed by atoms with Crippen LogP contribution in [0, 0.1) is 13.8 Å². The Labute approximate surface area is 122 Å². The summed E-state index contributed by atoms with van der Waals surface area (Å²) in [5.41, 5.74) is 11.3. The Hall–Kier alpha value is -1.51. The van der Waals surface area contributed by atoms with Crippen LogP contribution in [0.3, 0.4) is 0 Å². The molecule has 3 heteroatoms. The highest BCUT2D eigenvalue weighted by atomic mass is 15.1. The Morgan fingerprint density at radius 1 is 1.10 bits per heavy atom. The number of fused-ring (bicyclic) bond motifs is 2. The third-order valence-electron chi connectivity index (χ3n) is 5.00. The summed E-state index contributed by atoms with van der Waals surface area (Å²) in [6, 6.07) is 0. The van der Waals surface area contributed by atoms with Crippen molar-refractivity contribution in [3.63, 3.8) is 0 Å². The summed E-state index contributed by atoms with van der Waals surface area (Å²) in [5, 5.41) is 0. The molecule has 103 valence electrons. The van der Waals surface area contributed by atoms with Gasteiger partial charge in [-0.2, -0.15) is 0 Å². The van der Waals surface area contributed by atoms with Crippen LogP contribution in [-0.2, 0) is 6.42 Å². The van der Waals surface area contributed by atoms with Crippen molar-refractivity contribution in [2.75, 3.05) is 0 Å². The zero-order valence-electron chi connectivity index (χ0n) is 13.5. The number of hydrogen-bond donors (Lipinski definition) is 0. The molecule has 3 rings (SSSR count). The van der Waals surface area contributed by atoms with Crippen LogP contribution in [0.4, 0.5) is 0 Å². The Morgan fingerprint density at radius 2 is 1.80 bits per heavy atom. The fourth-order valence-corrected chi connectivity index (χ4v) is 3.81. The normalized spacial score (nSPS) is 17.2. The van der Waals surface area contributed by atoms with E-state index in [0.717, 1.165) is 12.8 Å². The van der Waals surface area contributed by atoms with Gasteiger partial charge in [0.15, 0.2) is 11.4 Å². The first kappa shape index (κ1) is 13.5. The molecule has 0 bridgehead atoms. The minimum Gasteiger partial charge on any atom is -0.322 e. The molecule has 0 fully saturated rings. The summed E-state index contributed by atoms with van der Waals surface area (Å²) in [4.78, 5) is 0. The van der Waals surface area contributed by atoms with Crippen LogP contribution >= 0.6 is 0 Å². The zero-order valence-corrected chi connectivity index (χ0v) is 13.5. The van der Waals surface area contributed by atoms with E-state index in [2.05, 4.69) is 64.1 Å². The van der Waals surface area contributed by atoms with Crippen LogP contribution in [-0.4, -0.2) is 22.2 Å². The van der Waals surface area contributed by atoms with Gasteiger partial charge in [-0.1, -0.05) is 13.8 Å². The summed E-state index contributed by atoms with van der Waals surface area (Å²) < 4.78 is 4.71. The second-order valence-electron chi connectivity index (χ2n) is 5.86. The Morgan fingerprint density at radius 3 is 2.40 bits per heavy atom. The smallest absolute Gasteiger partial charge is 0.322 e. The number of aromatic nitrogens is 1. The van der Waals surface area contributed by atoms with Gasteiger partial charge in [-0.05, 0) is 44.7 Å². The largest absolute Gasteiger partial charge is 0.699 e. The highest BCUT2D eigenvalue weighted by Gasteiger charge is 2.38. The van der Waals surface area contributed by atoms with Crippen molar-refractivity contribution in [1.82, 2.24) is 4.48 Å². The number of nitrogens with zero attached hydrogens (tertiary/aromatic N) is 2. The quantitative estimate of drug-likeness (QED) is 0.722. The van der Waals surface area contributed by atoms with E-state index < -0.39 is 0 Å². The van der Waals surface area contributed by atoms with Crippen LogP contribution < -0.4 is 0 Å². The van der Waals surface area contributed by atoms with E-state index in [1.54, 1.807) is 0 Å². The molecule has 2 nitrogen and oxygen atoms in total. The van der Waals surface area contributed by atoms with Gasteiger partial charge < -0.3 is 4.48 Å². The molecule has 0 amide bonds. The van der Waals surface area contributed by atoms with Gasteiger partial charge in [0.05, 0.1) is 0 Å². The number of allylic oxidation sites excluding steroid dienone is 2. The van der Waals surface area contributed by atoms with E-state index in [0.29, 0.717) is 0 Å². The topological polar surface area (TPSA) is 7.94 Å². The molecule has 2 aliphatic heterocycles. The molecule has 2 aliphatic rings. The van der Waals surface area contributed by atoms with Crippen LogP contribution in [0.1, 0.15) is 56.6 Å². The van der Waals surface area contributed by atoms with E-state index in [9.17, 15) is 0 Å². The van der Waals surface area contributed by atoms with Gasteiger partial charge in [-0.25, -0.2) is 0 Å². The Balaban J connectivity index is 2.24. The summed E-state index contributed by atoms with van der Waals surface area (Å²) in [5.74, 6) is 0. The molecule has 0 N–H and O–H groups in total. The summed E-state index contributed by atoms with van der Waals surface area (Å²) in [6.07, 6.45) is 4.57. The highest BCUT2D eigenvalue weighted by Crippen LogP contribution is 2.34. The van der Waals surface area contributed by atoms with Crippen molar-refractivity contribution in [1.29, 1.82) is 0 Å². The van der Waals surface area contributed by atoms with Crippen molar-refractivity contribution in [3.05, 3.63) is 39.4 Å². The molecule has 0 unspecified atom stereocenters. The minimum atomic E-state index is 1.10. The maximum atomic E-state index is 2.36. The van der Waals surface area contributed by atoms with Gasteiger partial charge in [-0.15, -0.1) is 0 Å². The maximum Gasteiger partial charge on any atom is 0.699 e. The summed E-state index contributed by atoms with van der Waals surface area (Å²) >= 11 is 0. The third kappa shape index (κ3) is 1.55. The lowest BCUT2D eigenvalue weighted by Crippen LogP contribution is -2.30. The van der Waals surface area contributed by atoms with Gasteiger partial charge >= 0.3 is 7.55 Å². The second kappa shape index (κ2) is 4.51. The fourth-order valence-electron chi connectivity index (χ4n) is 3.81. The minimum absolute atomic E-state index is 1.10. The lowest BCUT2D eigenvalue weighted by atomic mass is 9.99. The van der Waals surface area contributed by atoms with E-state index in [1.807, 2.05) is 0 Å². The second-order valence-corrected chi connectivity index (χ2v) is 5.86. The fraction of sp³-hybridized carbons (Fsp3) is 0.471. The molecule has 0 aliphatic carbocycles. The molecule has 1 radical (unpaired) electrons. The maximum absolute atomic E-state index is 2.36. The van der Waals surface area contributed by atoms with Crippen molar-refractivity contribution in [2.24, 2.45) is 0 Å². The first-order valence-electron chi connectivity index (χ1n) is 7.61. The average Bonchev–Trinajstić information content (AvgIpc) is 2.82. The van der Waals surface area contributed by atoms with Crippen LogP contribution in [0.25, 0.3) is 6.08 Å². The van der Waals surface area contributed by atoms with Gasteiger partial charge in [0.2, 0.25) is 0 Å². The molecular weight excluding hydrogens is 243 g/mol. The van der Waals surface area contributed by atoms with Gasteiger partial charge in [0.25, 0.3) is 0 Å². The summed E-state index contributed by atoms with van der Waals surface area (Å²) in [7, 11) is 2.27. The van der Waals surface area contributed by atoms with Gasteiger partial charge in [0, 0.05) is 35.5 Å². The lowest BCUT2D eigenvalue weighted by molar-refractivity contribution is -0.314. The zero-order chi connectivity index (χ0) is 14.6. The van der Waals surface area contributed by atoms with Crippen LogP contribution in [0.5, 0.6) is 0 Å². The standard InChI is InChI=1S/C17H23BN2/c1-7-14-10(3)16-9-17-11(4)15(8-2)13(6)20(17)18-19(16)12(14)5/h9H,7-8H2,1-6H3/q+1. The highest BCUT2D eigenvalue weighted by molar-refractivity contribution is 6.29. The van der Waals surface area contributed by atoms with Crippen molar-refractivity contribution in [3.8, 4) is 0 Å². The molecule has 0 aromatic carbocycles. The Kier molecular flexibility index (Phi) is 3.04. The van der Waals surface area contributed by atoms with Crippen molar-refractivity contribution >= 4 is 19.3 Å². The molecule has 20 heavy (non-hydrogen) atoms. The van der Waals surface area contributed by atoms with Crippen molar-refractivity contribution < 1.29 is 4.49 Å². The summed E-state index contributed by atoms with van der Waals surface area (Å²) in [6.45, 7) is 13.5. The van der Waals surface area contributed by atoms with Gasteiger partial charge in [0.1, 0.15) is 0 Å². The molecule has 1 aromatic heterocycles. The van der Waals surface area contributed by atoms with E-state index in [4.69, 9.17) is 0 Å². The van der Waals surface area contributed by atoms with Gasteiger partial charge in [-0.3, -0.25) is 4.49 Å². The van der Waals surface area contributed by atoms with E-state index >= 15 is 0 Å². The molecule has 0 saturated carbocycles. The van der Waals surface area contributed by atoms with Crippen LogP contribution in [0.2, 0.25) is 0 Å². The number of hydrogen-bond acceptors (Lipinski definition) is 0. The molecule has 1 aromatic rings. The molecule has 3 heterocycles. The van der Waals surface area contributed by atoms with E-state index in [-0.39, 0.29) is 0 Å². The predicted molar refractivity (Wildman–Crippen MR) is 86.3 cm³/mol. The van der Waals surface area contributed by atoms with Crippen LogP contribution in [0.15, 0.2) is 16.8 Å². The third-order valence-corrected chi connectivity index (χ3v) is 5.00. The Bertz CT molecular complexity index is 699. The first-order valence-corrected chi connectivity index (χ1v) is 7.61. The molecule has 0 saturated heterocycles. The average molecular weight is 266 g/mol. The monoisotopic (exact) mass is 266 g/mol. The SMILES string of the molecule is CCC1=C(C)C2=Cc3c(C)c(CC)c(C)n3[B][N+]2=C1C. The predicted octanol–water partition coefficient (Wildman–Crippen LogP) is 3.62. The molecule has 0 spiro atoms. The molecule has 0 atom stereocenters. The van der Waals surface area contributed by atoms with E-state index in [1.165, 1.54) is 45.1 Å². The van der Waals surface area contributed by atoms with Crippen molar-refractivity contribution in [2.45, 2.75) is 54.4 Å². The molecular formula is C17H23BN2+. The lowest BCUT2D eigenvalue weighted by Gasteiger charge is -2.12. The number of rotatable bonds is 2.